The van der Waals surface area contributed by atoms with Gasteiger partial charge in [-0.25, -0.2) is 0 Å². The van der Waals surface area contributed by atoms with E-state index in [2.05, 4.69) is 28.0 Å². The van der Waals surface area contributed by atoms with Crippen LogP contribution in [0.4, 0.5) is 0 Å². The summed E-state index contributed by atoms with van der Waals surface area (Å²) in [6.07, 6.45) is 5.39. The quantitative estimate of drug-likeness (QED) is 0.846. The third kappa shape index (κ3) is 3.08. The molecule has 0 saturated carbocycles. The molecule has 0 aliphatic rings. The average Bonchev–Trinajstić information content (AvgIpc) is 2.47. The molecule has 0 aliphatic heterocycles. The van der Waals surface area contributed by atoms with E-state index in [-0.39, 0.29) is 6.04 Å². The van der Waals surface area contributed by atoms with E-state index in [0.29, 0.717) is 11.4 Å². The fraction of sp³-hybridized carbons (Fsp3) is 0.500. The fourth-order valence-electron chi connectivity index (χ4n) is 1.17. The Labute approximate surface area is 91.4 Å². The van der Waals surface area contributed by atoms with E-state index in [4.69, 9.17) is 18.0 Å². The molecule has 5 heteroatoms. The van der Waals surface area contributed by atoms with Crippen LogP contribution < -0.4 is 5.73 Å². The number of nitrogens with zero attached hydrogens (tertiary/aromatic N) is 2. The van der Waals surface area contributed by atoms with Gasteiger partial charge in [0.25, 0.3) is 0 Å². The van der Waals surface area contributed by atoms with Crippen molar-refractivity contribution >= 4 is 33.1 Å². The second-order valence-corrected chi connectivity index (χ2v) is 4.31. The monoisotopic (exact) mass is 261 g/mol. The van der Waals surface area contributed by atoms with E-state index in [1.165, 1.54) is 0 Å². The van der Waals surface area contributed by atoms with Gasteiger partial charge in [0, 0.05) is 12.6 Å². The molecule has 0 amide bonds. The molecular formula is C8H12BrN3S. The third-order valence-corrected chi connectivity index (χ3v) is 2.43. The normalized spacial score (nSPS) is 12.8. The van der Waals surface area contributed by atoms with Crippen molar-refractivity contribution in [2.24, 2.45) is 5.73 Å². The molecule has 1 heterocycles. The van der Waals surface area contributed by atoms with Crippen LogP contribution in [-0.4, -0.2) is 14.8 Å². The minimum atomic E-state index is 0.281. The molecule has 1 aromatic rings. The smallest absolute Gasteiger partial charge is 0.0748 e. The summed E-state index contributed by atoms with van der Waals surface area (Å²) in [6, 6.07) is 0.281. The highest BCUT2D eigenvalue weighted by atomic mass is 79.9. The van der Waals surface area contributed by atoms with Gasteiger partial charge in [-0.15, -0.1) is 0 Å². The fourth-order valence-corrected chi connectivity index (χ4v) is 1.67. The highest BCUT2D eigenvalue weighted by Gasteiger charge is 2.10. The lowest BCUT2D eigenvalue weighted by Gasteiger charge is -2.13. The second-order valence-electron chi connectivity index (χ2n) is 2.87. The van der Waals surface area contributed by atoms with Crippen molar-refractivity contribution in [2.75, 3.05) is 0 Å². The number of halogens is 1. The van der Waals surface area contributed by atoms with Gasteiger partial charge in [-0.3, -0.25) is 4.68 Å². The average molecular weight is 262 g/mol. The molecule has 0 fully saturated rings. The molecule has 1 unspecified atom stereocenters. The van der Waals surface area contributed by atoms with Gasteiger partial charge < -0.3 is 5.73 Å². The zero-order chi connectivity index (χ0) is 9.84. The molecule has 0 bridgehead atoms. The third-order valence-electron chi connectivity index (χ3n) is 1.85. The maximum absolute atomic E-state index is 5.49. The predicted molar refractivity (Wildman–Crippen MR) is 60.7 cm³/mol. The Balaban J connectivity index is 2.72. The van der Waals surface area contributed by atoms with E-state index in [1.807, 2.05) is 10.9 Å². The first-order valence-corrected chi connectivity index (χ1v) is 5.31. The van der Waals surface area contributed by atoms with Gasteiger partial charge in [0.1, 0.15) is 0 Å². The Hall–Kier alpha value is -0.420. The lowest BCUT2D eigenvalue weighted by atomic mass is 10.1. The van der Waals surface area contributed by atoms with Crippen molar-refractivity contribution in [3.63, 3.8) is 0 Å². The lowest BCUT2D eigenvalue weighted by Crippen LogP contribution is -2.17. The van der Waals surface area contributed by atoms with E-state index in [0.717, 1.165) is 10.9 Å². The Morgan fingerprint density at radius 1 is 1.85 bits per heavy atom. The topological polar surface area (TPSA) is 43.8 Å². The number of hydrogen-bond acceptors (Lipinski definition) is 2. The zero-order valence-electron chi connectivity index (χ0n) is 7.40. The van der Waals surface area contributed by atoms with E-state index < -0.39 is 0 Å². The molecule has 13 heavy (non-hydrogen) atoms. The van der Waals surface area contributed by atoms with E-state index >= 15 is 0 Å². The summed E-state index contributed by atoms with van der Waals surface area (Å²) < 4.78 is 2.87. The minimum Gasteiger partial charge on any atom is -0.393 e. The first-order valence-electron chi connectivity index (χ1n) is 4.11. The number of rotatable bonds is 4. The molecule has 0 aliphatic carbocycles. The molecular weight excluding hydrogens is 250 g/mol. The molecule has 0 spiro atoms. The van der Waals surface area contributed by atoms with Crippen molar-refractivity contribution in [3.8, 4) is 0 Å². The molecule has 1 aromatic heterocycles. The van der Waals surface area contributed by atoms with Crippen molar-refractivity contribution < 1.29 is 0 Å². The van der Waals surface area contributed by atoms with Crippen LogP contribution in [0.15, 0.2) is 16.9 Å². The van der Waals surface area contributed by atoms with Gasteiger partial charge in [-0.05, 0) is 22.4 Å². The summed E-state index contributed by atoms with van der Waals surface area (Å²) >= 11 is 8.22. The number of thiocarbonyl (C=S) groups is 1. The standard InChI is InChI=1S/C8H12BrN3S/c1-2-7(3-8(10)13)12-5-6(9)4-11-12/h4-5,7H,2-3H2,1H3,(H2,10,13). The number of nitrogens with two attached hydrogens (primary N) is 1. The van der Waals surface area contributed by atoms with Gasteiger partial charge >= 0.3 is 0 Å². The van der Waals surface area contributed by atoms with Gasteiger partial charge in [0.2, 0.25) is 0 Å². The lowest BCUT2D eigenvalue weighted by molar-refractivity contribution is 0.455. The van der Waals surface area contributed by atoms with Crippen LogP contribution in [0.25, 0.3) is 0 Å². The maximum atomic E-state index is 5.49. The number of hydrogen-bond donors (Lipinski definition) is 1. The van der Waals surface area contributed by atoms with Gasteiger partial charge in [-0.2, -0.15) is 5.10 Å². The molecule has 0 aromatic carbocycles. The summed E-state index contributed by atoms with van der Waals surface area (Å²) in [7, 11) is 0. The van der Waals surface area contributed by atoms with Crippen molar-refractivity contribution in [1.82, 2.24) is 9.78 Å². The second kappa shape index (κ2) is 4.72. The molecule has 1 atom stereocenters. The molecule has 72 valence electrons. The Morgan fingerprint density at radius 3 is 2.92 bits per heavy atom. The Bertz CT molecular complexity index is 297. The van der Waals surface area contributed by atoms with Crippen LogP contribution >= 0.6 is 28.1 Å². The predicted octanol–water partition coefficient (Wildman–Crippen LogP) is 2.27. The van der Waals surface area contributed by atoms with Crippen LogP contribution in [0.3, 0.4) is 0 Å². The SMILES string of the molecule is CCC(CC(N)=S)n1cc(Br)cn1. The van der Waals surface area contributed by atoms with Gasteiger partial charge in [0.15, 0.2) is 0 Å². The summed E-state index contributed by atoms with van der Waals surface area (Å²) in [6.45, 7) is 2.10. The van der Waals surface area contributed by atoms with Crippen molar-refractivity contribution in [2.45, 2.75) is 25.8 Å². The molecule has 0 radical (unpaired) electrons. The van der Waals surface area contributed by atoms with E-state index in [9.17, 15) is 0 Å². The first-order chi connectivity index (χ1) is 6.13. The molecule has 3 nitrogen and oxygen atoms in total. The summed E-state index contributed by atoms with van der Waals surface area (Å²) in [5.74, 6) is 0. The van der Waals surface area contributed by atoms with E-state index in [1.54, 1.807) is 6.20 Å². The zero-order valence-corrected chi connectivity index (χ0v) is 9.81. The van der Waals surface area contributed by atoms with Crippen LogP contribution in [-0.2, 0) is 0 Å². The van der Waals surface area contributed by atoms with Crippen molar-refractivity contribution in [3.05, 3.63) is 16.9 Å². The summed E-state index contributed by atoms with van der Waals surface area (Å²) in [5, 5.41) is 4.19. The summed E-state index contributed by atoms with van der Waals surface area (Å²) in [4.78, 5) is 0.540. The van der Waals surface area contributed by atoms with Crippen LogP contribution in [0.2, 0.25) is 0 Å². The Morgan fingerprint density at radius 2 is 2.54 bits per heavy atom. The molecule has 1 rings (SSSR count). The van der Waals surface area contributed by atoms with Gasteiger partial charge in [0.05, 0.1) is 21.7 Å². The largest absolute Gasteiger partial charge is 0.393 e. The van der Waals surface area contributed by atoms with Crippen LogP contribution in [0, 0.1) is 0 Å². The number of aromatic nitrogens is 2. The maximum Gasteiger partial charge on any atom is 0.0748 e. The highest BCUT2D eigenvalue weighted by Crippen LogP contribution is 2.17. The first kappa shape index (κ1) is 10.7. The molecule has 2 N–H and O–H groups in total. The summed E-state index contributed by atoms with van der Waals surface area (Å²) in [5.41, 5.74) is 5.49. The van der Waals surface area contributed by atoms with Crippen LogP contribution in [0.5, 0.6) is 0 Å². The minimum absolute atomic E-state index is 0.281. The van der Waals surface area contributed by atoms with Crippen molar-refractivity contribution in [1.29, 1.82) is 0 Å². The molecule has 0 saturated heterocycles. The van der Waals surface area contributed by atoms with Crippen LogP contribution in [0.1, 0.15) is 25.8 Å². The van der Waals surface area contributed by atoms with Gasteiger partial charge in [-0.1, -0.05) is 19.1 Å². The highest BCUT2D eigenvalue weighted by molar-refractivity contribution is 9.10. The Kier molecular flexibility index (Phi) is 3.87.